The van der Waals surface area contributed by atoms with Gasteiger partial charge in [-0.15, -0.1) is 0 Å². The van der Waals surface area contributed by atoms with Crippen molar-refractivity contribution in [1.29, 1.82) is 0 Å². The van der Waals surface area contributed by atoms with Crippen molar-refractivity contribution in [3.8, 4) is 17.1 Å². The highest BCUT2D eigenvalue weighted by Gasteiger charge is 2.17. The molecular formula is C24H21BrN4OS. The van der Waals surface area contributed by atoms with Gasteiger partial charge in [-0.25, -0.2) is 4.68 Å². The van der Waals surface area contributed by atoms with Gasteiger partial charge in [0.15, 0.2) is 5.82 Å². The van der Waals surface area contributed by atoms with Gasteiger partial charge in [0.05, 0.1) is 5.69 Å². The average molecular weight is 493 g/mol. The molecule has 0 saturated heterocycles. The van der Waals surface area contributed by atoms with Crippen molar-refractivity contribution in [1.82, 2.24) is 14.3 Å². The van der Waals surface area contributed by atoms with Gasteiger partial charge in [-0.1, -0.05) is 58.4 Å². The molecule has 31 heavy (non-hydrogen) atoms. The van der Waals surface area contributed by atoms with Gasteiger partial charge in [0.2, 0.25) is 10.7 Å². The van der Waals surface area contributed by atoms with Crippen LogP contribution >= 0.6 is 28.1 Å². The third-order valence-electron chi connectivity index (χ3n) is 4.91. The molecule has 4 rings (SSSR count). The topological polar surface area (TPSA) is 51.9 Å². The Morgan fingerprint density at radius 3 is 2.48 bits per heavy atom. The number of rotatable bonds is 5. The minimum Gasteiger partial charge on any atom is -0.324 e. The van der Waals surface area contributed by atoms with Gasteiger partial charge in [-0.3, -0.25) is 9.36 Å². The third-order valence-corrected chi connectivity index (χ3v) is 5.84. The van der Waals surface area contributed by atoms with Crippen molar-refractivity contribution in [3.05, 3.63) is 93.2 Å². The second kappa shape index (κ2) is 8.99. The summed E-state index contributed by atoms with van der Waals surface area (Å²) in [6.45, 7) is 4.02. The maximum Gasteiger partial charge on any atom is 0.246 e. The van der Waals surface area contributed by atoms with E-state index >= 15 is 0 Å². The highest BCUT2D eigenvalue weighted by molar-refractivity contribution is 9.10. The Labute approximate surface area is 194 Å². The molecule has 0 radical (unpaired) electrons. The second-order valence-corrected chi connectivity index (χ2v) is 8.59. The zero-order valence-corrected chi connectivity index (χ0v) is 19.6. The molecule has 4 aromatic rings. The first kappa shape index (κ1) is 21.2. The van der Waals surface area contributed by atoms with Crippen LogP contribution < -0.4 is 5.32 Å². The predicted octanol–water partition coefficient (Wildman–Crippen LogP) is 6.09. The van der Waals surface area contributed by atoms with E-state index < -0.39 is 0 Å². The molecule has 5 nitrogen and oxygen atoms in total. The Kier molecular flexibility index (Phi) is 6.15. The Morgan fingerprint density at radius 2 is 1.77 bits per heavy atom. The molecule has 0 saturated carbocycles. The Hall–Kier alpha value is -3.03. The quantitative estimate of drug-likeness (QED) is 0.343. The van der Waals surface area contributed by atoms with E-state index in [0.29, 0.717) is 10.6 Å². The molecule has 3 aromatic carbocycles. The van der Waals surface area contributed by atoms with Gasteiger partial charge in [0.1, 0.15) is 6.54 Å². The van der Waals surface area contributed by atoms with E-state index in [4.69, 9.17) is 17.3 Å². The summed E-state index contributed by atoms with van der Waals surface area (Å²) in [6.07, 6.45) is 0. The van der Waals surface area contributed by atoms with Crippen LogP contribution in [0.25, 0.3) is 17.1 Å². The van der Waals surface area contributed by atoms with Crippen molar-refractivity contribution < 1.29 is 4.79 Å². The number of carbonyl (C=O) groups excluding carboxylic acids is 1. The largest absolute Gasteiger partial charge is 0.324 e. The summed E-state index contributed by atoms with van der Waals surface area (Å²) in [5, 5.41) is 7.67. The van der Waals surface area contributed by atoms with Crippen LogP contribution in [0.3, 0.4) is 0 Å². The molecule has 7 heteroatoms. The van der Waals surface area contributed by atoms with E-state index in [2.05, 4.69) is 27.3 Å². The normalized spacial score (nSPS) is 10.8. The maximum atomic E-state index is 12.7. The molecule has 0 fully saturated rings. The highest BCUT2D eigenvalue weighted by atomic mass is 79.9. The predicted molar refractivity (Wildman–Crippen MR) is 130 cm³/mol. The zero-order valence-electron chi connectivity index (χ0n) is 17.2. The van der Waals surface area contributed by atoms with Crippen LogP contribution in [0.4, 0.5) is 5.69 Å². The number of halogens is 1. The average Bonchev–Trinajstić information content (AvgIpc) is 3.06. The van der Waals surface area contributed by atoms with Gasteiger partial charge < -0.3 is 5.32 Å². The summed E-state index contributed by atoms with van der Waals surface area (Å²) in [4.78, 5) is 12.7. The first-order valence-corrected chi connectivity index (χ1v) is 11.0. The number of hydrogen-bond acceptors (Lipinski definition) is 3. The fourth-order valence-electron chi connectivity index (χ4n) is 3.34. The Morgan fingerprint density at radius 1 is 1.03 bits per heavy atom. The number of anilines is 1. The van der Waals surface area contributed by atoms with Gasteiger partial charge in [-0.05, 0) is 67.5 Å². The van der Waals surface area contributed by atoms with E-state index in [1.807, 2.05) is 85.1 Å². The van der Waals surface area contributed by atoms with Crippen LogP contribution in [0.5, 0.6) is 0 Å². The van der Waals surface area contributed by atoms with Crippen LogP contribution in [-0.2, 0) is 11.3 Å². The smallest absolute Gasteiger partial charge is 0.246 e. The molecule has 156 valence electrons. The molecular weight excluding hydrogens is 472 g/mol. The molecule has 1 amide bonds. The van der Waals surface area contributed by atoms with Crippen molar-refractivity contribution >= 4 is 39.7 Å². The summed E-state index contributed by atoms with van der Waals surface area (Å²) in [6, 6.07) is 23.6. The van der Waals surface area contributed by atoms with Gasteiger partial charge in [0, 0.05) is 15.7 Å². The van der Waals surface area contributed by atoms with E-state index in [1.54, 1.807) is 4.68 Å². The van der Waals surface area contributed by atoms with Crippen molar-refractivity contribution in [2.75, 3.05) is 5.32 Å². The fraction of sp³-hybridized carbons (Fsp3) is 0.125. The third kappa shape index (κ3) is 4.68. The van der Waals surface area contributed by atoms with Crippen LogP contribution in [0.2, 0.25) is 0 Å². The molecule has 0 spiro atoms. The number of hydrogen-bond donors (Lipinski definition) is 1. The number of nitrogens with zero attached hydrogens (tertiary/aromatic N) is 3. The zero-order chi connectivity index (χ0) is 22.0. The molecule has 0 atom stereocenters. The van der Waals surface area contributed by atoms with E-state index in [-0.39, 0.29) is 12.5 Å². The molecule has 0 unspecified atom stereocenters. The number of aromatic nitrogens is 3. The van der Waals surface area contributed by atoms with Crippen molar-refractivity contribution in [2.24, 2.45) is 0 Å². The first-order chi connectivity index (χ1) is 14.9. The van der Waals surface area contributed by atoms with Crippen molar-refractivity contribution in [2.45, 2.75) is 20.4 Å². The lowest BCUT2D eigenvalue weighted by atomic mass is 10.2. The molecule has 0 aliphatic rings. The molecule has 1 aromatic heterocycles. The maximum absolute atomic E-state index is 12.7. The number of carbonyl (C=O) groups is 1. The molecule has 0 aliphatic carbocycles. The minimum absolute atomic E-state index is 0.0233. The molecule has 0 bridgehead atoms. The van der Waals surface area contributed by atoms with Crippen LogP contribution in [-0.4, -0.2) is 20.3 Å². The SMILES string of the molecule is Cc1cccc(-n2c(-c3ccc(Br)cc3)nn(CC(=O)Nc3ccccc3C)c2=S)c1. The molecule has 1 heterocycles. The number of para-hydroxylation sites is 1. The number of aryl methyl sites for hydroxylation is 2. The van der Waals surface area contributed by atoms with Gasteiger partial charge in [-0.2, -0.15) is 5.10 Å². The minimum atomic E-state index is -0.179. The lowest BCUT2D eigenvalue weighted by Gasteiger charge is -2.08. The van der Waals surface area contributed by atoms with Crippen LogP contribution in [0.15, 0.2) is 77.3 Å². The Bertz CT molecular complexity index is 1310. The van der Waals surface area contributed by atoms with E-state index in [9.17, 15) is 4.79 Å². The lowest BCUT2D eigenvalue weighted by molar-refractivity contribution is -0.116. The second-order valence-electron chi connectivity index (χ2n) is 7.31. The summed E-state index contributed by atoms with van der Waals surface area (Å²) < 4.78 is 4.92. The van der Waals surface area contributed by atoms with E-state index in [1.165, 1.54) is 0 Å². The van der Waals surface area contributed by atoms with Crippen LogP contribution in [0.1, 0.15) is 11.1 Å². The summed E-state index contributed by atoms with van der Waals surface area (Å²) in [5.41, 5.74) is 4.72. The molecule has 1 N–H and O–H groups in total. The van der Waals surface area contributed by atoms with E-state index in [0.717, 1.165) is 32.5 Å². The molecule has 0 aliphatic heterocycles. The summed E-state index contributed by atoms with van der Waals surface area (Å²) in [5.74, 6) is 0.508. The summed E-state index contributed by atoms with van der Waals surface area (Å²) in [7, 11) is 0. The number of nitrogens with one attached hydrogen (secondary N) is 1. The van der Waals surface area contributed by atoms with Gasteiger partial charge in [0.25, 0.3) is 0 Å². The standard InChI is InChI=1S/C24H21BrN4OS/c1-16-6-5-8-20(14-16)29-23(18-10-12-19(25)13-11-18)27-28(24(29)31)15-22(30)26-21-9-4-3-7-17(21)2/h3-14H,15H2,1-2H3,(H,26,30). The monoisotopic (exact) mass is 492 g/mol. The van der Waals surface area contributed by atoms with Gasteiger partial charge >= 0.3 is 0 Å². The Balaban J connectivity index is 1.74. The summed E-state index contributed by atoms with van der Waals surface area (Å²) >= 11 is 9.22. The van der Waals surface area contributed by atoms with Crippen molar-refractivity contribution in [3.63, 3.8) is 0 Å². The first-order valence-electron chi connectivity index (χ1n) is 9.81. The van der Waals surface area contributed by atoms with Crippen LogP contribution in [0, 0.1) is 18.6 Å². The lowest BCUT2D eigenvalue weighted by Crippen LogP contribution is -2.20. The highest BCUT2D eigenvalue weighted by Crippen LogP contribution is 2.25. The fourth-order valence-corrected chi connectivity index (χ4v) is 3.90. The number of amides is 1. The number of benzene rings is 3.